The summed E-state index contributed by atoms with van der Waals surface area (Å²) < 4.78 is 0. The van der Waals surface area contributed by atoms with Gasteiger partial charge >= 0.3 is 0 Å². The summed E-state index contributed by atoms with van der Waals surface area (Å²) in [6.45, 7) is 6.54. The van der Waals surface area contributed by atoms with Gasteiger partial charge in [0.25, 0.3) is 0 Å². The van der Waals surface area contributed by atoms with Gasteiger partial charge in [0.2, 0.25) is 11.8 Å². The van der Waals surface area contributed by atoms with Crippen LogP contribution in [0.5, 0.6) is 0 Å². The summed E-state index contributed by atoms with van der Waals surface area (Å²) in [6.07, 6.45) is 0.327. The van der Waals surface area contributed by atoms with Crippen LogP contribution in [-0.2, 0) is 21.4 Å². The highest BCUT2D eigenvalue weighted by Crippen LogP contribution is 2.42. The quantitative estimate of drug-likeness (QED) is 0.529. The average molecular weight is 445 g/mol. The predicted octanol–water partition coefficient (Wildman–Crippen LogP) is 5.94. The molecule has 0 bridgehead atoms. The second kappa shape index (κ2) is 9.21. The summed E-state index contributed by atoms with van der Waals surface area (Å²) in [5.41, 5.74) is 4.91. The molecule has 3 aromatic rings. The maximum absolute atomic E-state index is 12.7. The number of hydrogen-bond acceptors (Lipinski definition) is 3. The molecule has 1 unspecified atom stereocenters. The first kappa shape index (κ1) is 22.2. The van der Waals surface area contributed by atoms with Gasteiger partial charge in [-0.3, -0.25) is 14.5 Å². The number of thioether (sulfide) groups is 1. The van der Waals surface area contributed by atoms with Crippen molar-refractivity contribution in [3.8, 4) is 0 Å². The summed E-state index contributed by atoms with van der Waals surface area (Å²) in [4.78, 5) is 27.1. The van der Waals surface area contributed by atoms with E-state index in [1.807, 2.05) is 71.6 Å². The number of nitrogens with one attached hydrogen (secondary N) is 1. The number of carbonyl (C=O) groups excluding carboxylic acids is 2. The molecular formula is C27H28N2O2S. The van der Waals surface area contributed by atoms with Crippen molar-refractivity contribution in [3.63, 3.8) is 0 Å². The predicted molar refractivity (Wildman–Crippen MR) is 133 cm³/mol. The lowest BCUT2D eigenvalue weighted by atomic mass is 9.87. The van der Waals surface area contributed by atoms with Gasteiger partial charge in [-0.05, 0) is 46.4 Å². The molecule has 164 valence electrons. The van der Waals surface area contributed by atoms with Gasteiger partial charge in [-0.15, -0.1) is 11.8 Å². The van der Waals surface area contributed by atoms with Crippen LogP contribution < -0.4 is 10.2 Å². The Bertz CT molecular complexity index is 1100. The molecule has 0 radical (unpaired) electrons. The molecule has 3 aromatic carbocycles. The standard InChI is InChI=1S/C27H28N2O2S/c1-27(2,3)21-12-14-23(15-13-21)29-25(31)18-32-26(29)20-10-7-11-22(17-20)28-24(30)16-19-8-5-4-6-9-19/h4-15,17,26H,16,18H2,1-3H3,(H,28,30). The van der Waals surface area contributed by atoms with E-state index in [1.54, 1.807) is 11.8 Å². The number of benzene rings is 3. The van der Waals surface area contributed by atoms with Crippen LogP contribution in [0.3, 0.4) is 0 Å². The van der Waals surface area contributed by atoms with E-state index in [0.29, 0.717) is 12.2 Å². The second-order valence-corrected chi connectivity index (χ2v) is 10.1. The molecule has 0 aromatic heterocycles. The minimum Gasteiger partial charge on any atom is -0.326 e. The Morgan fingerprint density at radius 1 is 1.00 bits per heavy atom. The average Bonchev–Trinajstić information content (AvgIpc) is 3.15. The third kappa shape index (κ3) is 5.05. The van der Waals surface area contributed by atoms with E-state index in [9.17, 15) is 9.59 Å². The first-order valence-electron chi connectivity index (χ1n) is 10.8. The highest BCUT2D eigenvalue weighted by Gasteiger charge is 2.34. The van der Waals surface area contributed by atoms with Crippen molar-refractivity contribution >= 4 is 35.0 Å². The molecular weight excluding hydrogens is 416 g/mol. The van der Waals surface area contributed by atoms with E-state index in [4.69, 9.17) is 0 Å². The van der Waals surface area contributed by atoms with Crippen LogP contribution in [-0.4, -0.2) is 17.6 Å². The SMILES string of the molecule is CC(C)(C)c1ccc(N2C(=O)CSC2c2cccc(NC(=O)Cc3ccccc3)c2)cc1. The molecule has 1 fully saturated rings. The van der Waals surface area contributed by atoms with E-state index in [-0.39, 0.29) is 22.6 Å². The highest BCUT2D eigenvalue weighted by atomic mass is 32.2. The Morgan fingerprint density at radius 3 is 2.41 bits per heavy atom. The van der Waals surface area contributed by atoms with Gasteiger partial charge in [-0.25, -0.2) is 0 Å². The summed E-state index contributed by atoms with van der Waals surface area (Å²) in [5, 5.41) is 2.88. The number of amides is 2. The van der Waals surface area contributed by atoms with Gasteiger partial charge in [-0.2, -0.15) is 0 Å². The van der Waals surface area contributed by atoms with Gasteiger partial charge < -0.3 is 5.32 Å². The van der Waals surface area contributed by atoms with Crippen LogP contribution in [0.25, 0.3) is 0 Å². The Balaban J connectivity index is 1.52. The number of carbonyl (C=O) groups is 2. The minimum atomic E-state index is -0.117. The monoisotopic (exact) mass is 444 g/mol. The van der Waals surface area contributed by atoms with Gasteiger partial charge in [0.05, 0.1) is 12.2 Å². The van der Waals surface area contributed by atoms with E-state index in [1.165, 1.54) is 5.56 Å². The van der Waals surface area contributed by atoms with Crippen molar-refractivity contribution in [2.45, 2.75) is 38.0 Å². The topological polar surface area (TPSA) is 49.4 Å². The maximum Gasteiger partial charge on any atom is 0.238 e. The van der Waals surface area contributed by atoms with E-state index < -0.39 is 0 Å². The van der Waals surface area contributed by atoms with Gasteiger partial charge in [0, 0.05) is 11.4 Å². The number of hydrogen-bond donors (Lipinski definition) is 1. The molecule has 5 heteroatoms. The van der Waals surface area contributed by atoms with Crippen molar-refractivity contribution in [1.29, 1.82) is 0 Å². The Morgan fingerprint density at radius 2 is 1.72 bits per heavy atom. The summed E-state index contributed by atoms with van der Waals surface area (Å²) in [7, 11) is 0. The molecule has 0 spiro atoms. The van der Waals surface area contributed by atoms with Gasteiger partial charge in [0.1, 0.15) is 5.37 Å². The third-order valence-electron chi connectivity index (χ3n) is 5.54. The molecule has 0 saturated carbocycles. The van der Waals surface area contributed by atoms with E-state index in [2.05, 4.69) is 38.2 Å². The molecule has 32 heavy (non-hydrogen) atoms. The van der Waals surface area contributed by atoms with Crippen molar-refractivity contribution in [2.75, 3.05) is 16.0 Å². The second-order valence-electron chi connectivity index (χ2n) is 9.06. The van der Waals surface area contributed by atoms with Crippen molar-refractivity contribution in [3.05, 3.63) is 95.6 Å². The molecule has 4 nitrogen and oxygen atoms in total. The molecule has 1 N–H and O–H groups in total. The van der Waals surface area contributed by atoms with Gasteiger partial charge in [-0.1, -0.05) is 75.4 Å². The zero-order chi connectivity index (χ0) is 22.7. The lowest BCUT2D eigenvalue weighted by Gasteiger charge is -2.26. The first-order chi connectivity index (χ1) is 15.3. The Kier molecular flexibility index (Phi) is 6.38. The Labute approximate surface area is 194 Å². The molecule has 4 rings (SSSR count). The zero-order valence-corrected chi connectivity index (χ0v) is 19.5. The molecule has 1 aliphatic rings. The molecule has 1 heterocycles. The highest BCUT2D eigenvalue weighted by molar-refractivity contribution is 8.00. The van der Waals surface area contributed by atoms with Crippen LogP contribution in [0.2, 0.25) is 0 Å². The maximum atomic E-state index is 12.7. The smallest absolute Gasteiger partial charge is 0.238 e. The van der Waals surface area contributed by atoms with E-state index in [0.717, 1.165) is 22.5 Å². The lowest BCUT2D eigenvalue weighted by molar-refractivity contribution is -0.116. The van der Waals surface area contributed by atoms with Crippen molar-refractivity contribution < 1.29 is 9.59 Å². The zero-order valence-electron chi connectivity index (χ0n) is 18.7. The molecule has 0 aliphatic carbocycles. The Hall–Kier alpha value is -3.05. The molecule has 1 aliphatic heterocycles. The number of anilines is 2. The van der Waals surface area contributed by atoms with Crippen LogP contribution in [0, 0.1) is 0 Å². The van der Waals surface area contributed by atoms with Crippen LogP contribution in [0.15, 0.2) is 78.9 Å². The summed E-state index contributed by atoms with van der Waals surface area (Å²) in [5.74, 6) is 0.483. The molecule has 2 amide bonds. The fraction of sp³-hybridized carbons (Fsp3) is 0.259. The third-order valence-corrected chi connectivity index (χ3v) is 6.75. The summed E-state index contributed by atoms with van der Waals surface area (Å²) in [6, 6.07) is 25.7. The number of nitrogens with zero attached hydrogens (tertiary/aromatic N) is 1. The minimum absolute atomic E-state index is 0.0573. The van der Waals surface area contributed by atoms with Crippen LogP contribution >= 0.6 is 11.8 Å². The van der Waals surface area contributed by atoms with E-state index >= 15 is 0 Å². The fourth-order valence-electron chi connectivity index (χ4n) is 3.83. The lowest BCUT2D eigenvalue weighted by Crippen LogP contribution is -2.28. The first-order valence-corrected chi connectivity index (χ1v) is 11.8. The normalized spacial score (nSPS) is 16.3. The fourth-order valence-corrected chi connectivity index (χ4v) is 5.00. The largest absolute Gasteiger partial charge is 0.326 e. The molecule has 1 atom stereocenters. The molecule has 1 saturated heterocycles. The van der Waals surface area contributed by atoms with Crippen LogP contribution in [0.1, 0.15) is 42.8 Å². The van der Waals surface area contributed by atoms with Crippen LogP contribution in [0.4, 0.5) is 11.4 Å². The van der Waals surface area contributed by atoms with Crippen molar-refractivity contribution in [1.82, 2.24) is 0 Å². The van der Waals surface area contributed by atoms with Crippen molar-refractivity contribution in [2.24, 2.45) is 0 Å². The number of rotatable bonds is 5. The summed E-state index contributed by atoms with van der Waals surface area (Å²) >= 11 is 1.61. The van der Waals surface area contributed by atoms with Gasteiger partial charge in [0.15, 0.2) is 0 Å².